The number of carbonyl (C=O) groups excluding carboxylic acids is 2. The summed E-state index contributed by atoms with van der Waals surface area (Å²) < 4.78 is 71.3. The second-order valence-corrected chi connectivity index (χ2v) is 14.1. The number of aliphatic hydroxyl groups is 3. The maximum absolute atomic E-state index is 13.0. The largest absolute Gasteiger partial charge is 0.461 e. The molecule has 11 atom stereocenters. The highest BCUT2D eigenvalue weighted by Crippen LogP contribution is 2.83. The van der Waals surface area contributed by atoms with Gasteiger partial charge in [0.25, 0.3) is 10.1 Å². The highest BCUT2D eigenvalue weighted by atomic mass is 32.2. The van der Waals surface area contributed by atoms with E-state index >= 15 is 0 Å². The number of aliphatic hydroxyl groups excluding tert-OH is 3. The van der Waals surface area contributed by atoms with Crippen LogP contribution in [0.3, 0.4) is 0 Å². The summed E-state index contributed by atoms with van der Waals surface area (Å²) in [5.41, 5.74) is -3.95. The highest BCUT2D eigenvalue weighted by molar-refractivity contribution is 7.87. The summed E-state index contributed by atoms with van der Waals surface area (Å²) in [4.78, 5) is 23.4. The lowest BCUT2D eigenvalue weighted by atomic mass is 9.41. The Labute approximate surface area is 257 Å². The molecule has 0 spiro atoms. The number of hydrogen-bond donors (Lipinski definition) is 4. The van der Waals surface area contributed by atoms with Crippen LogP contribution < -0.4 is 0 Å². The van der Waals surface area contributed by atoms with Gasteiger partial charge < -0.3 is 43.7 Å². The smallest absolute Gasteiger partial charge is 0.338 e. The van der Waals surface area contributed by atoms with Gasteiger partial charge in [-0.05, 0) is 37.6 Å². The van der Waals surface area contributed by atoms with E-state index in [0.717, 1.165) is 0 Å². The first-order valence-electron chi connectivity index (χ1n) is 14.4. The number of hydrogen-bond acceptors (Lipinski definition) is 13. The average Bonchev–Trinajstić information content (AvgIpc) is 3.23. The van der Waals surface area contributed by atoms with E-state index in [-0.39, 0.29) is 24.0 Å². The molecule has 3 saturated carbocycles. The molecule has 2 aromatic carbocycles. The van der Waals surface area contributed by atoms with Crippen LogP contribution in [0.15, 0.2) is 60.7 Å². The van der Waals surface area contributed by atoms with E-state index in [9.17, 15) is 37.9 Å². The van der Waals surface area contributed by atoms with Gasteiger partial charge in [0.15, 0.2) is 12.6 Å². The second kappa shape index (κ2) is 10.3. The van der Waals surface area contributed by atoms with E-state index < -0.39 is 99.7 Å². The zero-order chi connectivity index (χ0) is 32.0. The van der Waals surface area contributed by atoms with E-state index in [2.05, 4.69) is 0 Å². The first-order valence-corrected chi connectivity index (χ1v) is 15.9. The van der Waals surface area contributed by atoms with Crippen molar-refractivity contribution < 1.29 is 66.3 Å². The Morgan fingerprint density at radius 3 is 2.09 bits per heavy atom. The average molecular weight is 649 g/mol. The monoisotopic (exact) mass is 648 g/mol. The Kier molecular flexibility index (Phi) is 6.99. The van der Waals surface area contributed by atoms with Crippen molar-refractivity contribution in [1.29, 1.82) is 0 Å². The molecule has 2 aromatic rings. The fourth-order valence-electron chi connectivity index (χ4n) is 7.98. The molecule has 14 nitrogen and oxygen atoms in total. The zero-order valence-electron chi connectivity index (χ0n) is 23.9. The summed E-state index contributed by atoms with van der Waals surface area (Å²) in [6.45, 7) is 0.632. The molecule has 4 heterocycles. The van der Waals surface area contributed by atoms with Crippen molar-refractivity contribution in [2.75, 3.05) is 13.2 Å². The molecular formula is C30H32O14S. The standard InChI is InChI=1S/C30H32O14S/c1-27-14-29(45(36,37)38)19-12-30(27,28(19,26(43-27)44-29)15-40-24(35)17-10-6-3-7-11-17)42-25-22(33)21(32)20(31)18(41-25)13-39-23(34)16-8-4-2-5-9-16/h2-11,18-22,25-26,31-33H,12-15H2,1H3,(H,36,37,38). The number of benzene rings is 2. The molecule has 45 heavy (non-hydrogen) atoms. The summed E-state index contributed by atoms with van der Waals surface area (Å²) in [7, 11) is -4.81. The summed E-state index contributed by atoms with van der Waals surface area (Å²) in [6, 6.07) is 16.2. The lowest BCUT2D eigenvalue weighted by Crippen LogP contribution is -2.81. The Morgan fingerprint density at radius 1 is 0.889 bits per heavy atom. The van der Waals surface area contributed by atoms with Crippen LogP contribution in [0.25, 0.3) is 0 Å². The topological polar surface area (TPSA) is 205 Å². The molecule has 4 saturated heterocycles. The van der Waals surface area contributed by atoms with Crippen molar-refractivity contribution in [3.63, 3.8) is 0 Å². The number of carbonyl (C=O) groups is 2. The van der Waals surface area contributed by atoms with Gasteiger partial charge in [-0.15, -0.1) is 0 Å². The van der Waals surface area contributed by atoms with Gasteiger partial charge in [0.1, 0.15) is 48.8 Å². The Bertz CT molecular complexity index is 1600. The van der Waals surface area contributed by atoms with Crippen LogP contribution in [0.5, 0.6) is 0 Å². The third-order valence-electron chi connectivity index (χ3n) is 10.2. The first-order chi connectivity index (χ1) is 21.3. The van der Waals surface area contributed by atoms with Gasteiger partial charge in [0.05, 0.1) is 16.5 Å². The number of esters is 2. The molecule has 4 N–H and O–H groups in total. The Morgan fingerprint density at radius 2 is 1.49 bits per heavy atom. The molecule has 0 aromatic heterocycles. The van der Waals surface area contributed by atoms with Gasteiger partial charge in [-0.25, -0.2) is 9.59 Å². The second-order valence-electron chi connectivity index (χ2n) is 12.4. The fraction of sp³-hybridized carbons (Fsp3) is 0.533. The fourth-order valence-corrected chi connectivity index (χ4v) is 9.30. The summed E-state index contributed by atoms with van der Waals surface area (Å²) in [5.74, 6) is -2.35. The van der Waals surface area contributed by atoms with Crippen molar-refractivity contribution in [2.45, 2.75) is 72.9 Å². The molecular weight excluding hydrogens is 616 g/mol. The third-order valence-corrected chi connectivity index (χ3v) is 11.6. The minimum atomic E-state index is -4.81. The van der Waals surface area contributed by atoms with Gasteiger partial charge in [-0.2, -0.15) is 8.42 Å². The van der Waals surface area contributed by atoms with Crippen molar-refractivity contribution in [3.8, 4) is 0 Å². The Balaban J connectivity index is 1.17. The lowest BCUT2D eigenvalue weighted by Gasteiger charge is -2.68. The van der Waals surface area contributed by atoms with E-state index in [0.29, 0.717) is 0 Å². The summed E-state index contributed by atoms with van der Waals surface area (Å²) in [5, 5.41) is 32.4. The third kappa shape index (κ3) is 4.12. The molecule has 11 unspecified atom stereocenters. The van der Waals surface area contributed by atoms with Crippen molar-refractivity contribution in [2.24, 2.45) is 11.3 Å². The molecule has 7 aliphatic rings. The molecule has 6 bridgehead atoms. The molecule has 9 rings (SSSR count). The van der Waals surface area contributed by atoms with Gasteiger partial charge >= 0.3 is 11.9 Å². The van der Waals surface area contributed by atoms with Crippen LogP contribution in [0.4, 0.5) is 0 Å². The van der Waals surface area contributed by atoms with Crippen LogP contribution in [-0.2, 0) is 38.5 Å². The van der Waals surface area contributed by atoms with E-state index in [1.807, 2.05) is 0 Å². The maximum Gasteiger partial charge on any atom is 0.338 e. The minimum absolute atomic E-state index is 0.0679. The van der Waals surface area contributed by atoms with Crippen molar-refractivity contribution >= 4 is 22.1 Å². The van der Waals surface area contributed by atoms with E-state index in [1.165, 1.54) is 12.1 Å². The molecule has 15 heteroatoms. The molecule has 4 aliphatic heterocycles. The SMILES string of the molecule is CC12CC3(S(=O)(=O)O)OC(O1)C1(COC(=O)c4ccccc4)C3CC21OC1OC(COC(=O)c2ccccc2)C(O)C(O)C1O. The molecule has 3 aliphatic carbocycles. The predicted molar refractivity (Wildman–Crippen MR) is 148 cm³/mol. The van der Waals surface area contributed by atoms with Gasteiger partial charge in [-0.1, -0.05) is 36.4 Å². The molecule has 0 amide bonds. The molecule has 242 valence electrons. The van der Waals surface area contributed by atoms with E-state index in [4.69, 9.17) is 28.4 Å². The van der Waals surface area contributed by atoms with Crippen molar-refractivity contribution in [1.82, 2.24) is 0 Å². The predicted octanol–water partition coefficient (Wildman–Crippen LogP) is 0.403. The summed E-state index contributed by atoms with van der Waals surface area (Å²) in [6.07, 6.45) is -9.91. The van der Waals surface area contributed by atoms with Crippen LogP contribution in [0, 0.1) is 11.3 Å². The van der Waals surface area contributed by atoms with Gasteiger partial charge in [-0.3, -0.25) is 4.55 Å². The van der Waals surface area contributed by atoms with E-state index in [1.54, 1.807) is 55.5 Å². The van der Waals surface area contributed by atoms with Crippen LogP contribution in [0.1, 0.15) is 40.5 Å². The quantitative estimate of drug-likeness (QED) is 0.215. The number of ether oxygens (including phenoxy) is 6. The van der Waals surface area contributed by atoms with Crippen LogP contribution in [-0.4, -0.2) is 107 Å². The number of rotatable bonds is 9. The lowest BCUT2D eigenvalue weighted by molar-refractivity contribution is -0.393. The minimum Gasteiger partial charge on any atom is -0.461 e. The first kappa shape index (κ1) is 30.7. The maximum atomic E-state index is 13.0. The normalized spacial score (nSPS) is 42.6. The van der Waals surface area contributed by atoms with Crippen LogP contribution in [0.2, 0.25) is 0 Å². The van der Waals surface area contributed by atoms with Gasteiger partial charge in [0.2, 0.25) is 4.93 Å². The summed E-state index contributed by atoms with van der Waals surface area (Å²) >= 11 is 0. The molecule has 7 fully saturated rings. The van der Waals surface area contributed by atoms with Crippen LogP contribution >= 0.6 is 0 Å². The Hall–Kier alpha value is -2.99. The zero-order valence-corrected chi connectivity index (χ0v) is 24.7. The molecule has 0 radical (unpaired) electrons. The highest BCUT2D eigenvalue weighted by Gasteiger charge is 2.96. The van der Waals surface area contributed by atoms with Crippen molar-refractivity contribution in [3.05, 3.63) is 71.8 Å². The van der Waals surface area contributed by atoms with Gasteiger partial charge in [0, 0.05) is 12.3 Å².